The molecule has 13 heavy (non-hydrogen) atoms. The van der Waals surface area contributed by atoms with Crippen LogP contribution in [0, 0.1) is 0 Å². The van der Waals surface area contributed by atoms with Gasteiger partial charge in [0.25, 0.3) is 0 Å². The van der Waals surface area contributed by atoms with Crippen molar-refractivity contribution in [1.29, 1.82) is 0 Å². The monoisotopic (exact) mass is 198 g/mol. The zero-order valence-electron chi connectivity index (χ0n) is 5.69. The van der Waals surface area contributed by atoms with Crippen molar-refractivity contribution in [2.24, 2.45) is 20.7 Å². The topological polar surface area (TPSA) is 104 Å². The third kappa shape index (κ3) is 5.41. The number of carboxylic acids is 1. The zero-order chi connectivity index (χ0) is 10.5. The molecule has 0 aromatic carbocycles. The SMILES string of the molecule is O=C(O)C(F)(F)F.O=C1N=NN=N1. The molecule has 1 N–H and O–H groups in total. The summed E-state index contributed by atoms with van der Waals surface area (Å²) < 4.78 is 31.7. The van der Waals surface area contributed by atoms with Gasteiger partial charge >= 0.3 is 18.2 Å². The van der Waals surface area contributed by atoms with Gasteiger partial charge in [0.15, 0.2) is 0 Å². The molecule has 0 atom stereocenters. The average Bonchev–Trinajstić information content (AvgIpc) is 2.38. The van der Waals surface area contributed by atoms with E-state index in [2.05, 4.69) is 20.7 Å². The molecule has 0 aliphatic carbocycles. The number of carbonyl (C=O) groups is 2. The first-order valence-electron chi connectivity index (χ1n) is 2.50. The Balaban J connectivity index is 0.000000223. The third-order valence-electron chi connectivity index (χ3n) is 0.543. The van der Waals surface area contributed by atoms with Crippen molar-refractivity contribution in [3.8, 4) is 0 Å². The van der Waals surface area contributed by atoms with Crippen LogP contribution in [0.4, 0.5) is 18.0 Å². The second-order valence-corrected chi connectivity index (χ2v) is 1.46. The normalized spacial score (nSPS) is 13.9. The van der Waals surface area contributed by atoms with Crippen LogP contribution in [0.2, 0.25) is 0 Å². The summed E-state index contributed by atoms with van der Waals surface area (Å²) in [5.41, 5.74) is 0. The Morgan fingerprint density at radius 3 is 1.62 bits per heavy atom. The van der Waals surface area contributed by atoms with Crippen LogP contribution >= 0.6 is 0 Å². The molecule has 1 aliphatic heterocycles. The lowest BCUT2D eigenvalue weighted by Gasteiger charge is -1.93. The molecule has 0 aromatic rings. The molecule has 10 heteroatoms. The van der Waals surface area contributed by atoms with E-state index in [4.69, 9.17) is 9.90 Å². The highest BCUT2D eigenvalue weighted by molar-refractivity contribution is 5.75. The van der Waals surface area contributed by atoms with E-state index in [1.54, 1.807) is 0 Å². The maximum atomic E-state index is 10.6. The molecule has 0 aromatic heterocycles. The second-order valence-electron chi connectivity index (χ2n) is 1.46. The van der Waals surface area contributed by atoms with Gasteiger partial charge in [0.1, 0.15) is 0 Å². The summed E-state index contributed by atoms with van der Waals surface area (Å²) in [6.07, 6.45) is -5.08. The number of hydrogen-bond donors (Lipinski definition) is 1. The Hall–Kier alpha value is -1.87. The molecule has 1 aliphatic rings. The Morgan fingerprint density at radius 2 is 1.54 bits per heavy atom. The van der Waals surface area contributed by atoms with Gasteiger partial charge in [-0.25, -0.2) is 9.59 Å². The Morgan fingerprint density at radius 1 is 1.23 bits per heavy atom. The summed E-state index contributed by atoms with van der Waals surface area (Å²) in [4.78, 5) is 18.6. The van der Waals surface area contributed by atoms with Crippen molar-refractivity contribution in [2.45, 2.75) is 6.18 Å². The van der Waals surface area contributed by atoms with Crippen LogP contribution in [0.25, 0.3) is 0 Å². The van der Waals surface area contributed by atoms with Gasteiger partial charge in [0, 0.05) is 0 Å². The van der Waals surface area contributed by atoms with Gasteiger partial charge in [-0.15, -0.1) is 0 Å². The van der Waals surface area contributed by atoms with Crippen molar-refractivity contribution in [3.63, 3.8) is 0 Å². The van der Waals surface area contributed by atoms with Gasteiger partial charge < -0.3 is 5.11 Å². The van der Waals surface area contributed by atoms with E-state index in [0.29, 0.717) is 0 Å². The van der Waals surface area contributed by atoms with Crippen LogP contribution in [0.3, 0.4) is 0 Å². The maximum absolute atomic E-state index is 10.6. The van der Waals surface area contributed by atoms with Crippen molar-refractivity contribution < 1.29 is 27.9 Å². The lowest BCUT2D eigenvalue weighted by Crippen LogP contribution is -2.21. The molecule has 72 valence electrons. The molecular weight excluding hydrogens is 197 g/mol. The van der Waals surface area contributed by atoms with Crippen molar-refractivity contribution >= 4 is 12.0 Å². The summed E-state index contributed by atoms with van der Waals surface area (Å²) in [5, 5.41) is 18.7. The quantitative estimate of drug-likeness (QED) is 0.638. The van der Waals surface area contributed by atoms with E-state index >= 15 is 0 Å². The maximum Gasteiger partial charge on any atom is 0.490 e. The first-order chi connectivity index (χ1) is 5.84. The fraction of sp³-hybridized carbons (Fsp3) is 0.333. The number of hydrogen-bond acceptors (Lipinski definition) is 4. The van der Waals surface area contributed by atoms with Crippen LogP contribution in [0.5, 0.6) is 0 Å². The van der Waals surface area contributed by atoms with Crippen molar-refractivity contribution in [3.05, 3.63) is 0 Å². The molecule has 1 heterocycles. The first-order valence-corrected chi connectivity index (χ1v) is 2.50. The van der Waals surface area contributed by atoms with Gasteiger partial charge in [0.05, 0.1) is 0 Å². The molecule has 0 saturated heterocycles. The van der Waals surface area contributed by atoms with E-state index in [-0.39, 0.29) is 0 Å². The lowest BCUT2D eigenvalue weighted by atomic mass is 10.7. The van der Waals surface area contributed by atoms with Gasteiger partial charge in [-0.2, -0.15) is 13.2 Å². The number of urea groups is 1. The molecule has 0 saturated carbocycles. The summed E-state index contributed by atoms with van der Waals surface area (Å²) >= 11 is 0. The van der Waals surface area contributed by atoms with Gasteiger partial charge in [-0.05, 0) is 10.4 Å². The Bertz CT molecular complexity index is 256. The van der Waals surface area contributed by atoms with Gasteiger partial charge in [0.2, 0.25) is 0 Å². The van der Waals surface area contributed by atoms with Crippen LogP contribution in [-0.4, -0.2) is 23.3 Å². The Kier molecular flexibility index (Phi) is 3.62. The largest absolute Gasteiger partial charge is 0.490 e. The minimum Gasteiger partial charge on any atom is -0.475 e. The third-order valence-corrected chi connectivity index (χ3v) is 0.543. The fourth-order valence-corrected chi connectivity index (χ4v) is 0.137. The first kappa shape index (κ1) is 11.1. The fourth-order valence-electron chi connectivity index (χ4n) is 0.137. The summed E-state index contributed by atoms with van der Waals surface area (Å²) in [6, 6.07) is -0.630. The number of carbonyl (C=O) groups excluding carboxylic acids is 1. The molecule has 0 radical (unpaired) electrons. The minimum atomic E-state index is -5.08. The number of nitrogens with zero attached hydrogens (tertiary/aromatic N) is 4. The average molecular weight is 198 g/mol. The number of rotatable bonds is 0. The van der Waals surface area contributed by atoms with Crippen LogP contribution < -0.4 is 0 Å². The van der Waals surface area contributed by atoms with Crippen molar-refractivity contribution in [1.82, 2.24) is 0 Å². The molecule has 0 fully saturated rings. The molecule has 2 amide bonds. The van der Waals surface area contributed by atoms with E-state index in [9.17, 15) is 18.0 Å². The van der Waals surface area contributed by atoms with E-state index in [1.165, 1.54) is 0 Å². The number of amides is 2. The minimum absolute atomic E-state index is 0.630. The van der Waals surface area contributed by atoms with Crippen LogP contribution in [0.15, 0.2) is 20.7 Å². The Labute approximate surface area is 67.9 Å². The zero-order valence-corrected chi connectivity index (χ0v) is 5.69. The highest BCUT2D eigenvalue weighted by Crippen LogP contribution is 2.13. The standard InChI is InChI=1S/C2HF3O2.CN4O/c3-2(4,5)1(6)7;6-1-2-4-5-3-1/h(H,6,7);. The summed E-state index contributed by atoms with van der Waals surface area (Å²) in [5.74, 6) is -2.76. The number of carboxylic acid groups (broad SMARTS) is 1. The second kappa shape index (κ2) is 4.23. The molecule has 7 nitrogen and oxygen atoms in total. The smallest absolute Gasteiger partial charge is 0.475 e. The van der Waals surface area contributed by atoms with Crippen LogP contribution in [-0.2, 0) is 4.79 Å². The molecular formula is C3HF3N4O3. The highest BCUT2D eigenvalue weighted by atomic mass is 19.4. The predicted octanol–water partition coefficient (Wildman–Crippen LogP) is 1.57. The van der Waals surface area contributed by atoms with Crippen molar-refractivity contribution in [2.75, 3.05) is 0 Å². The molecule has 1 rings (SSSR count). The predicted molar refractivity (Wildman–Crippen MR) is 28.8 cm³/mol. The number of aliphatic carboxylic acids is 1. The lowest BCUT2D eigenvalue weighted by molar-refractivity contribution is -0.192. The summed E-state index contributed by atoms with van der Waals surface area (Å²) in [7, 11) is 0. The van der Waals surface area contributed by atoms with Gasteiger partial charge in [-0.1, -0.05) is 10.2 Å². The molecule has 0 spiro atoms. The van der Waals surface area contributed by atoms with E-state index in [1.807, 2.05) is 0 Å². The van der Waals surface area contributed by atoms with Crippen LogP contribution in [0.1, 0.15) is 0 Å². The summed E-state index contributed by atoms with van der Waals surface area (Å²) in [6.45, 7) is 0. The molecule has 0 bridgehead atoms. The number of alkyl halides is 3. The van der Waals surface area contributed by atoms with E-state index in [0.717, 1.165) is 0 Å². The number of halogens is 3. The van der Waals surface area contributed by atoms with E-state index < -0.39 is 18.2 Å². The molecule has 0 unspecified atom stereocenters. The highest BCUT2D eigenvalue weighted by Gasteiger charge is 2.38. The van der Waals surface area contributed by atoms with Gasteiger partial charge in [-0.3, -0.25) is 0 Å².